The molecule has 2 aromatic heterocycles. The monoisotopic (exact) mass is 300 g/mol. The lowest BCUT2D eigenvalue weighted by Crippen LogP contribution is -2.04. The van der Waals surface area contributed by atoms with Gasteiger partial charge in [-0.1, -0.05) is 18.7 Å². The van der Waals surface area contributed by atoms with E-state index in [1.807, 2.05) is 33.0 Å². The summed E-state index contributed by atoms with van der Waals surface area (Å²) >= 11 is 1.55. The number of aromatic amines is 1. The van der Waals surface area contributed by atoms with Gasteiger partial charge in [0.1, 0.15) is 5.82 Å². The van der Waals surface area contributed by atoms with E-state index in [9.17, 15) is 4.79 Å². The molecule has 0 fully saturated rings. The van der Waals surface area contributed by atoms with E-state index in [0.29, 0.717) is 16.5 Å². The van der Waals surface area contributed by atoms with E-state index < -0.39 is 0 Å². The Labute approximate surface area is 127 Å². The number of anilines is 1. The van der Waals surface area contributed by atoms with E-state index in [4.69, 9.17) is 0 Å². The number of amides is 1. The summed E-state index contributed by atoms with van der Waals surface area (Å²) in [7, 11) is 0. The standard InChI is InChI=1S/C15H16N4OS/c1-4-21-15-17-7-11-10(14(20)18-13(11)19-15)5-12-9(3)8(2)6-16-12/h5-7,16H,4H2,1-3H3,(H,17,18,19,20). The van der Waals surface area contributed by atoms with E-state index in [1.165, 1.54) is 5.56 Å². The van der Waals surface area contributed by atoms with Crippen LogP contribution in [0.3, 0.4) is 0 Å². The number of hydrogen-bond acceptors (Lipinski definition) is 4. The number of aromatic nitrogens is 3. The van der Waals surface area contributed by atoms with Gasteiger partial charge < -0.3 is 10.3 Å². The van der Waals surface area contributed by atoms with Gasteiger partial charge in [-0.05, 0) is 36.8 Å². The minimum Gasteiger partial charge on any atom is -0.361 e. The molecule has 3 heterocycles. The maximum atomic E-state index is 12.2. The molecule has 0 aliphatic carbocycles. The molecule has 2 aromatic rings. The lowest BCUT2D eigenvalue weighted by molar-refractivity contribution is -0.110. The molecule has 0 saturated heterocycles. The lowest BCUT2D eigenvalue weighted by Gasteiger charge is -2.00. The van der Waals surface area contributed by atoms with Gasteiger partial charge in [-0.2, -0.15) is 0 Å². The third kappa shape index (κ3) is 2.47. The number of carbonyl (C=O) groups is 1. The van der Waals surface area contributed by atoms with Crippen LogP contribution in [-0.4, -0.2) is 26.6 Å². The molecule has 3 rings (SSSR count). The van der Waals surface area contributed by atoms with Crippen LogP contribution in [0.2, 0.25) is 0 Å². The summed E-state index contributed by atoms with van der Waals surface area (Å²) in [5, 5.41) is 3.49. The zero-order chi connectivity index (χ0) is 15.0. The van der Waals surface area contributed by atoms with Crippen molar-refractivity contribution in [2.75, 3.05) is 11.1 Å². The van der Waals surface area contributed by atoms with Crippen LogP contribution in [0.25, 0.3) is 11.6 Å². The first kappa shape index (κ1) is 13.9. The molecular weight excluding hydrogens is 284 g/mol. The highest BCUT2D eigenvalue weighted by Gasteiger charge is 2.26. The predicted molar refractivity (Wildman–Crippen MR) is 85.2 cm³/mol. The first-order valence-electron chi connectivity index (χ1n) is 6.78. The van der Waals surface area contributed by atoms with Gasteiger partial charge in [0.15, 0.2) is 5.16 Å². The van der Waals surface area contributed by atoms with Gasteiger partial charge in [0.05, 0.1) is 5.57 Å². The molecule has 21 heavy (non-hydrogen) atoms. The average Bonchev–Trinajstić information content (AvgIpc) is 2.93. The van der Waals surface area contributed by atoms with Crippen molar-refractivity contribution in [1.82, 2.24) is 15.0 Å². The van der Waals surface area contributed by atoms with Gasteiger partial charge >= 0.3 is 0 Å². The Bertz CT molecular complexity index is 748. The molecule has 6 heteroatoms. The molecule has 0 aromatic carbocycles. The molecule has 1 aliphatic rings. The number of rotatable bonds is 3. The van der Waals surface area contributed by atoms with Gasteiger partial charge in [-0.25, -0.2) is 9.97 Å². The minimum absolute atomic E-state index is 0.135. The first-order chi connectivity index (χ1) is 10.1. The van der Waals surface area contributed by atoms with Crippen LogP contribution in [0.5, 0.6) is 0 Å². The van der Waals surface area contributed by atoms with Crippen molar-refractivity contribution >= 4 is 35.1 Å². The quantitative estimate of drug-likeness (QED) is 0.519. The number of fused-ring (bicyclic) bond motifs is 1. The number of nitrogens with one attached hydrogen (secondary N) is 2. The Morgan fingerprint density at radius 1 is 1.38 bits per heavy atom. The number of thioether (sulfide) groups is 1. The van der Waals surface area contributed by atoms with Crippen LogP contribution in [0.1, 0.15) is 29.3 Å². The zero-order valence-electron chi connectivity index (χ0n) is 12.2. The van der Waals surface area contributed by atoms with Crippen molar-refractivity contribution < 1.29 is 4.79 Å². The molecule has 2 N–H and O–H groups in total. The van der Waals surface area contributed by atoms with Crippen molar-refractivity contribution in [3.8, 4) is 0 Å². The fourth-order valence-corrected chi connectivity index (χ4v) is 2.75. The van der Waals surface area contributed by atoms with Crippen molar-refractivity contribution in [2.45, 2.75) is 25.9 Å². The third-order valence-corrected chi connectivity index (χ3v) is 4.28. The summed E-state index contributed by atoms with van der Waals surface area (Å²) in [5.41, 5.74) is 4.61. The summed E-state index contributed by atoms with van der Waals surface area (Å²) in [6.45, 7) is 6.11. The molecule has 0 saturated carbocycles. The summed E-state index contributed by atoms with van der Waals surface area (Å²) in [5.74, 6) is 1.36. The summed E-state index contributed by atoms with van der Waals surface area (Å²) in [6, 6.07) is 0. The molecule has 108 valence electrons. The molecule has 0 radical (unpaired) electrons. The van der Waals surface area contributed by atoms with E-state index in [0.717, 1.165) is 22.6 Å². The largest absolute Gasteiger partial charge is 0.361 e. The fourth-order valence-electron chi connectivity index (χ4n) is 2.21. The van der Waals surface area contributed by atoms with Crippen LogP contribution in [-0.2, 0) is 4.79 Å². The predicted octanol–water partition coefficient (Wildman–Crippen LogP) is 3.03. The van der Waals surface area contributed by atoms with Crippen molar-refractivity contribution in [2.24, 2.45) is 0 Å². The zero-order valence-corrected chi connectivity index (χ0v) is 13.0. The van der Waals surface area contributed by atoms with Crippen LogP contribution < -0.4 is 5.32 Å². The van der Waals surface area contributed by atoms with Crippen molar-refractivity contribution in [3.63, 3.8) is 0 Å². The Kier molecular flexibility index (Phi) is 3.55. The SMILES string of the molecule is CCSc1ncc2c(n1)NC(=O)C2=Cc1[nH]cc(C)c1C. The van der Waals surface area contributed by atoms with Gasteiger partial charge in [0.2, 0.25) is 0 Å². The number of H-pyrrole nitrogens is 1. The van der Waals surface area contributed by atoms with E-state index >= 15 is 0 Å². The summed E-state index contributed by atoms with van der Waals surface area (Å²) in [6.07, 6.45) is 5.52. The maximum absolute atomic E-state index is 12.2. The van der Waals surface area contributed by atoms with Crippen LogP contribution >= 0.6 is 11.8 Å². The second-order valence-electron chi connectivity index (χ2n) is 4.87. The Morgan fingerprint density at radius 3 is 2.86 bits per heavy atom. The van der Waals surface area contributed by atoms with Crippen LogP contribution in [0.4, 0.5) is 5.82 Å². The second-order valence-corrected chi connectivity index (χ2v) is 6.10. The minimum atomic E-state index is -0.135. The second kappa shape index (κ2) is 5.37. The Balaban J connectivity index is 2.03. The van der Waals surface area contributed by atoms with Crippen LogP contribution in [0.15, 0.2) is 17.6 Å². The van der Waals surface area contributed by atoms with Gasteiger partial charge in [0, 0.05) is 23.7 Å². The van der Waals surface area contributed by atoms with Crippen molar-refractivity contribution in [1.29, 1.82) is 0 Å². The number of nitrogens with zero attached hydrogens (tertiary/aromatic N) is 2. The smallest absolute Gasteiger partial charge is 0.257 e. The molecule has 5 nitrogen and oxygen atoms in total. The molecular formula is C15H16N4OS. The molecule has 0 bridgehead atoms. The Hall–Kier alpha value is -2.08. The highest BCUT2D eigenvalue weighted by Crippen LogP contribution is 2.32. The Morgan fingerprint density at radius 2 is 2.19 bits per heavy atom. The molecule has 0 spiro atoms. The van der Waals surface area contributed by atoms with Gasteiger partial charge in [-0.3, -0.25) is 4.79 Å². The number of aryl methyl sites for hydroxylation is 1. The third-order valence-electron chi connectivity index (χ3n) is 3.54. The molecule has 1 aliphatic heterocycles. The molecule has 1 amide bonds. The first-order valence-corrected chi connectivity index (χ1v) is 7.76. The maximum Gasteiger partial charge on any atom is 0.257 e. The summed E-state index contributed by atoms with van der Waals surface area (Å²) < 4.78 is 0. The molecule has 0 unspecified atom stereocenters. The number of hydrogen-bond donors (Lipinski definition) is 2. The lowest BCUT2D eigenvalue weighted by atomic mass is 10.1. The van der Waals surface area contributed by atoms with E-state index in [2.05, 4.69) is 20.3 Å². The topological polar surface area (TPSA) is 70.7 Å². The highest BCUT2D eigenvalue weighted by molar-refractivity contribution is 7.99. The highest BCUT2D eigenvalue weighted by atomic mass is 32.2. The van der Waals surface area contributed by atoms with E-state index in [1.54, 1.807) is 18.0 Å². The normalized spacial score (nSPS) is 15.4. The summed E-state index contributed by atoms with van der Waals surface area (Å²) in [4.78, 5) is 24.0. The van der Waals surface area contributed by atoms with Gasteiger partial charge in [0.25, 0.3) is 5.91 Å². The average molecular weight is 300 g/mol. The van der Waals surface area contributed by atoms with Crippen LogP contribution in [0, 0.1) is 13.8 Å². The molecule has 0 atom stereocenters. The van der Waals surface area contributed by atoms with Crippen molar-refractivity contribution in [3.05, 3.63) is 34.8 Å². The van der Waals surface area contributed by atoms with E-state index in [-0.39, 0.29) is 5.91 Å². The van der Waals surface area contributed by atoms with Gasteiger partial charge in [-0.15, -0.1) is 0 Å². The fraction of sp³-hybridized carbons (Fsp3) is 0.267. The number of carbonyl (C=O) groups excluding carboxylic acids is 1.